The molecule has 0 N–H and O–H groups in total. The van der Waals surface area contributed by atoms with Crippen molar-refractivity contribution in [3.8, 4) is 23.0 Å². The molecule has 0 spiro atoms. The SMILES string of the molecule is COc1cc2c(cc1OC)CN(C1CC(=O)N(c3ccc(Oc4ccccc4)cc3)C1=O)CC2. The van der Waals surface area contributed by atoms with E-state index in [-0.39, 0.29) is 18.2 Å². The van der Waals surface area contributed by atoms with Crippen LogP contribution in [0.5, 0.6) is 23.0 Å². The van der Waals surface area contributed by atoms with Crippen molar-refractivity contribution >= 4 is 17.5 Å². The fourth-order valence-electron chi connectivity index (χ4n) is 4.63. The van der Waals surface area contributed by atoms with Crippen LogP contribution in [0.4, 0.5) is 5.69 Å². The maximum absolute atomic E-state index is 13.3. The molecule has 0 aromatic heterocycles. The minimum absolute atomic E-state index is 0.170. The second-order valence-corrected chi connectivity index (χ2v) is 8.39. The molecule has 174 valence electrons. The van der Waals surface area contributed by atoms with Crippen LogP contribution in [0, 0.1) is 0 Å². The monoisotopic (exact) mass is 458 g/mol. The lowest BCUT2D eigenvalue weighted by Gasteiger charge is -2.32. The van der Waals surface area contributed by atoms with E-state index in [0.717, 1.165) is 17.7 Å². The zero-order chi connectivity index (χ0) is 23.7. The molecule has 0 bridgehead atoms. The van der Waals surface area contributed by atoms with Crippen molar-refractivity contribution in [3.63, 3.8) is 0 Å². The predicted octanol–water partition coefficient (Wildman–Crippen LogP) is 4.19. The number of carbonyl (C=O) groups excluding carboxylic acids is 2. The molecule has 1 fully saturated rings. The summed E-state index contributed by atoms with van der Waals surface area (Å²) in [6.07, 6.45) is 0.947. The van der Waals surface area contributed by atoms with E-state index in [4.69, 9.17) is 14.2 Å². The molecule has 1 unspecified atom stereocenters. The highest BCUT2D eigenvalue weighted by Crippen LogP contribution is 2.35. The molecule has 0 saturated carbocycles. The first-order chi connectivity index (χ1) is 16.6. The van der Waals surface area contributed by atoms with E-state index in [1.165, 1.54) is 10.5 Å². The predicted molar refractivity (Wildman–Crippen MR) is 128 cm³/mol. The largest absolute Gasteiger partial charge is 0.493 e. The standard InChI is InChI=1S/C27H26N2O5/c1-32-24-14-18-12-13-28(17-19(18)15-25(24)33-2)23-16-26(30)29(27(23)31)20-8-10-22(11-9-20)34-21-6-4-3-5-7-21/h3-11,14-15,23H,12-13,16-17H2,1-2H3. The Kier molecular flexibility index (Phi) is 5.94. The van der Waals surface area contributed by atoms with E-state index < -0.39 is 6.04 Å². The first-order valence-corrected chi connectivity index (χ1v) is 11.2. The van der Waals surface area contributed by atoms with Crippen LogP contribution in [-0.4, -0.2) is 43.5 Å². The number of carbonyl (C=O) groups is 2. The summed E-state index contributed by atoms with van der Waals surface area (Å²) in [5.41, 5.74) is 2.82. The number of para-hydroxylation sites is 1. The third-order valence-corrected chi connectivity index (χ3v) is 6.38. The minimum atomic E-state index is -0.478. The van der Waals surface area contributed by atoms with Crippen LogP contribution >= 0.6 is 0 Å². The Hall–Kier alpha value is -3.84. The number of fused-ring (bicyclic) bond motifs is 1. The number of hydrogen-bond donors (Lipinski definition) is 0. The van der Waals surface area contributed by atoms with Gasteiger partial charge < -0.3 is 14.2 Å². The van der Waals surface area contributed by atoms with Crippen LogP contribution in [-0.2, 0) is 22.6 Å². The van der Waals surface area contributed by atoms with Gasteiger partial charge in [0, 0.05) is 13.1 Å². The number of hydrogen-bond acceptors (Lipinski definition) is 6. The van der Waals surface area contributed by atoms with Crippen molar-refractivity contribution in [3.05, 3.63) is 77.9 Å². The molecule has 0 radical (unpaired) electrons. The maximum atomic E-state index is 13.3. The van der Waals surface area contributed by atoms with Crippen LogP contribution in [0.25, 0.3) is 0 Å². The molecule has 3 aromatic carbocycles. The Bertz CT molecular complexity index is 1210. The zero-order valence-electron chi connectivity index (χ0n) is 19.2. The Morgan fingerprint density at radius 3 is 2.15 bits per heavy atom. The van der Waals surface area contributed by atoms with E-state index >= 15 is 0 Å². The fraction of sp³-hybridized carbons (Fsp3) is 0.259. The first kappa shape index (κ1) is 22.0. The highest BCUT2D eigenvalue weighted by molar-refractivity contribution is 6.22. The molecule has 0 aliphatic carbocycles. The summed E-state index contributed by atoms with van der Waals surface area (Å²) in [5.74, 6) is 2.35. The van der Waals surface area contributed by atoms with Gasteiger partial charge >= 0.3 is 0 Å². The summed E-state index contributed by atoms with van der Waals surface area (Å²) in [6, 6.07) is 20.0. The topological polar surface area (TPSA) is 68.3 Å². The smallest absolute Gasteiger partial charge is 0.251 e. The van der Waals surface area contributed by atoms with Crippen molar-refractivity contribution in [1.29, 1.82) is 0 Å². The summed E-state index contributed by atoms with van der Waals surface area (Å²) >= 11 is 0. The third kappa shape index (κ3) is 4.10. The van der Waals surface area contributed by atoms with Gasteiger partial charge in [0.25, 0.3) is 5.91 Å². The highest BCUT2D eigenvalue weighted by atomic mass is 16.5. The minimum Gasteiger partial charge on any atom is -0.493 e. The molecule has 2 aliphatic rings. The van der Waals surface area contributed by atoms with Crippen molar-refractivity contribution in [2.75, 3.05) is 25.7 Å². The molecule has 3 aromatic rings. The van der Waals surface area contributed by atoms with Gasteiger partial charge in [-0.25, -0.2) is 4.90 Å². The van der Waals surface area contributed by atoms with Gasteiger partial charge in [-0.05, 0) is 66.1 Å². The second kappa shape index (κ2) is 9.19. The van der Waals surface area contributed by atoms with Gasteiger partial charge in [0.15, 0.2) is 11.5 Å². The van der Waals surface area contributed by atoms with Crippen LogP contribution in [0.2, 0.25) is 0 Å². The van der Waals surface area contributed by atoms with Gasteiger partial charge in [0.1, 0.15) is 11.5 Å². The zero-order valence-corrected chi connectivity index (χ0v) is 19.2. The van der Waals surface area contributed by atoms with Crippen LogP contribution in [0.1, 0.15) is 17.5 Å². The number of methoxy groups -OCH3 is 2. The molecular formula is C27H26N2O5. The van der Waals surface area contributed by atoms with Crippen molar-refractivity contribution in [2.45, 2.75) is 25.4 Å². The normalized spacial score (nSPS) is 18.1. The number of benzene rings is 3. The lowest BCUT2D eigenvalue weighted by molar-refractivity contribution is -0.123. The van der Waals surface area contributed by atoms with Gasteiger partial charge in [-0.3, -0.25) is 14.5 Å². The maximum Gasteiger partial charge on any atom is 0.251 e. The number of nitrogens with zero attached hydrogens (tertiary/aromatic N) is 2. The number of rotatable bonds is 6. The van der Waals surface area contributed by atoms with Crippen LogP contribution in [0.3, 0.4) is 0 Å². The van der Waals surface area contributed by atoms with Gasteiger partial charge in [-0.1, -0.05) is 18.2 Å². The Morgan fingerprint density at radius 2 is 1.47 bits per heavy atom. The summed E-state index contributed by atoms with van der Waals surface area (Å²) in [7, 11) is 3.23. The molecule has 5 rings (SSSR count). The van der Waals surface area contributed by atoms with Crippen LogP contribution in [0.15, 0.2) is 66.7 Å². The molecule has 7 heteroatoms. The van der Waals surface area contributed by atoms with Crippen LogP contribution < -0.4 is 19.1 Å². The molecule has 1 atom stereocenters. The van der Waals surface area contributed by atoms with E-state index in [9.17, 15) is 9.59 Å². The number of anilines is 1. The Balaban J connectivity index is 1.31. The number of amides is 2. The first-order valence-electron chi connectivity index (χ1n) is 11.2. The van der Waals surface area contributed by atoms with Gasteiger partial charge in [-0.2, -0.15) is 0 Å². The second-order valence-electron chi connectivity index (χ2n) is 8.39. The van der Waals surface area contributed by atoms with Gasteiger partial charge in [0.05, 0.1) is 32.4 Å². The van der Waals surface area contributed by atoms with E-state index in [0.29, 0.717) is 36.0 Å². The fourth-order valence-corrected chi connectivity index (χ4v) is 4.63. The third-order valence-electron chi connectivity index (χ3n) is 6.38. The Morgan fingerprint density at radius 1 is 0.824 bits per heavy atom. The molecule has 1 saturated heterocycles. The molecule has 34 heavy (non-hydrogen) atoms. The van der Waals surface area contributed by atoms with Crippen molar-refractivity contribution in [1.82, 2.24) is 4.90 Å². The van der Waals surface area contributed by atoms with E-state index in [1.807, 2.05) is 42.5 Å². The highest BCUT2D eigenvalue weighted by Gasteiger charge is 2.43. The molecule has 2 aliphatic heterocycles. The summed E-state index contributed by atoms with van der Waals surface area (Å²) < 4.78 is 16.7. The summed E-state index contributed by atoms with van der Waals surface area (Å²) in [5, 5.41) is 0. The molecule has 2 heterocycles. The average molecular weight is 459 g/mol. The lowest BCUT2D eigenvalue weighted by atomic mass is 9.97. The molecule has 2 amide bonds. The summed E-state index contributed by atoms with van der Waals surface area (Å²) in [6.45, 7) is 1.28. The Labute approximate surface area is 198 Å². The van der Waals surface area contributed by atoms with E-state index in [2.05, 4.69) is 4.90 Å². The van der Waals surface area contributed by atoms with E-state index in [1.54, 1.807) is 38.5 Å². The number of imide groups is 1. The molecule has 7 nitrogen and oxygen atoms in total. The summed E-state index contributed by atoms with van der Waals surface area (Å²) in [4.78, 5) is 29.5. The van der Waals surface area contributed by atoms with Gasteiger partial charge in [0.2, 0.25) is 5.91 Å². The van der Waals surface area contributed by atoms with Gasteiger partial charge in [-0.15, -0.1) is 0 Å². The quantitative estimate of drug-likeness (QED) is 0.516. The number of ether oxygens (including phenoxy) is 3. The average Bonchev–Trinajstić information content (AvgIpc) is 3.17. The molecular weight excluding hydrogens is 432 g/mol. The lowest BCUT2D eigenvalue weighted by Crippen LogP contribution is -2.44. The van der Waals surface area contributed by atoms with Crippen molar-refractivity contribution in [2.24, 2.45) is 0 Å². The van der Waals surface area contributed by atoms with Crippen molar-refractivity contribution < 1.29 is 23.8 Å².